The first-order valence-electron chi connectivity index (χ1n) is 3.12. The second-order valence-electron chi connectivity index (χ2n) is 2.08. The van der Waals surface area contributed by atoms with Gasteiger partial charge in [0.1, 0.15) is 0 Å². The summed E-state index contributed by atoms with van der Waals surface area (Å²) < 4.78 is 0. The molecule has 1 rings (SSSR count). The Morgan fingerprint density at radius 2 is 1.62 bits per heavy atom. The molecule has 0 aliphatic rings. The van der Waals surface area contributed by atoms with Gasteiger partial charge in [0.25, 0.3) is 0 Å². The molecule has 0 saturated carbocycles. The van der Waals surface area contributed by atoms with Gasteiger partial charge in [-0.1, -0.05) is 29.3 Å². The van der Waals surface area contributed by atoms with Gasteiger partial charge in [0.05, 0.1) is 0 Å². The van der Waals surface area contributed by atoms with Gasteiger partial charge in [0, 0.05) is 22.2 Å². The van der Waals surface area contributed by atoms with Crippen LogP contribution in [0.3, 0.4) is 0 Å². The lowest BCUT2D eigenvalue weighted by Crippen LogP contribution is -2.21. The van der Waals surface area contributed by atoms with Crippen molar-refractivity contribution < 1.29 is 0 Å². The smallest absolute Gasteiger partial charge is 0.0466 e. The Morgan fingerprint density at radius 3 is 2.00 bits per heavy atom. The molecular weight excluding hydrogens is 254 g/mol. The average molecular weight is 264 g/mol. The van der Waals surface area contributed by atoms with Crippen LogP contribution in [0, 0.1) is 0 Å². The molecule has 6 heteroatoms. The summed E-state index contributed by atoms with van der Waals surface area (Å²) in [6.07, 6.45) is 0. The Bertz CT molecular complexity index is 234. The molecule has 2 nitrogen and oxygen atoms in total. The molecule has 0 saturated heterocycles. The lowest BCUT2D eigenvalue weighted by Gasteiger charge is -2.04. The van der Waals surface area contributed by atoms with Crippen molar-refractivity contribution in [3.05, 3.63) is 33.8 Å². The molecule has 0 aliphatic heterocycles. The Morgan fingerprint density at radius 1 is 1.15 bits per heavy atom. The van der Waals surface area contributed by atoms with Crippen LogP contribution in [0.4, 0.5) is 0 Å². The van der Waals surface area contributed by atoms with Crippen LogP contribution in [0.5, 0.6) is 0 Å². The van der Waals surface area contributed by atoms with Crippen molar-refractivity contribution >= 4 is 48.0 Å². The van der Waals surface area contributed by atoms with Crippen LogP contribution >= 0.6 is 48.0 Å². The largest absolute Gasteiger partial charge is 0.271 e. The van der Waals surface area contributed by atoms with Crippen LogP contribution in [0.25, 0.3) is 0 Å². The lowest BCUT2D eigenvalue weighted by molar-refractivity contribution is 0.742. The van der Waals surface area contributed by atoms with Gasteiger partial charge in [-0.25, -0.2) is 0 Å². The summed E-state index contributed by atoms with van der Waals surface area (Å²) in [6, 6.07) is 5.35. The minimum Gasteiger partial charge on any atom is -0.271 e. The van der Waals surface area contributed by atoms with E-state index in [4.69, 9.17) is 29.0 Å². The fraction of sp³-hybridized carbons (Fsp3) is 0.143. The number of benzene rings is 1. The third-order valence-electron chi connectivity index (χ3n) is 1.34. The molecule has 76 valence electrons. The van der Waals surface area contributed by atoms with Crippen LogP contribution in [0.2, 0.25) is 10.0 Å². The van der Waals surface area contributed by atoms with E-state index in [2.05, 4.69) is 5.43 Å². The molecule has 0 aliphatic carbocycles. The maximum absolute atomic E-state index is 5.83. The molecule has 13 heavy (non-hydrogen) atoms. The van der Waals surface area contributed by atoms with Gasteiger partial charge in [-0.3, -0.25) is 11.3 Å². The Kier molecular flexibility index (Phi) is 9.31. The third-order valence-corrected chi connectivity index (χ3v) is 2.05. The van der Waals surface area contributed by atoms with E-state index >= 15 is 0 Å². The summed E-state index contributed by atoms with van der Waals surface area (Å²) in [6.45, 7) is 0.485. The minimum atomic E-state index is 0. The Labute approximate surface area is 99.6 Å². The van der Waals surface area contributed by atoms with E-state index < -0.39 is 0 Å². The molecule has 0 unspecified atom stereocenters. The summed E-state index contributed by atoms with van der Waals surface area (Å²) in [5.74, 6) is 5.13. The molecule has 0 aromatic heterocycles. The molecule has 0 fully saturated rings. The van der Waals surface area contributed by atoms with Crippen molar-refractivity contribution in [3.8, 4) is 0 Å². The van der Waals surface area contributed by atoms with E-state index in [0.29, 0.717) is 16.6 Å². The summed E-state index contributed by atoms with van der Waals surface area (Å²) in [4.78, 5) is 0. The lowest BCUT2D eigenvalue weighted by atomic mass is 10.2. The van der Waals surface area contributed by atoms with Crippen molar-refractivity contribution in [3.63, 3.8) is 0 Å². The predicted molar refractivity (Wildman–Crippen MR) is 62.0 cm³/mol. The predicted octanol–water partition coefficient (Wildman–Crippen LogP) is 2.80. The molecule has 0 amide bonds. The maximum Gasteiger partial charge on any atom is 0.0466 e. The maximum atomic E-state index is 5.83. The van der Waals surface area contributed by atoms with Gasteiger partial charge >= 0.3 is 0 Å². The first-order valence-corrected chi connectivity index (χ1v) is 3.87. The van der Waals surface area contributed by atoms with Crippen LogP contribution in [-0.2, 0) is 6.54 Å². The molecule has 3 N–H and O–H groups in total. The zero-order valence-corrected chi connectivity index (χ0v) is 9.73. The van der Waals surface area contributed by atoms with Crippen LogP contribution in [0.1, 0.15) is 5.56 Å². The monoisotopic (exact) mass is 262 g/mol. The molecule has 0 heterocycles. The van der Waals surface area contributed by atoms with Gasteiger partial charge in [0.2, 0.25) is 0 Å². The van der Waals surface area contributed by atoms with Gasteiger partial charge < -0.3 is 0 Å². The fourth-order valence-electron chi connectivity index (χ4n) is 0.803. The first-order chi connectivity index (χ1) is 5.25. The second kappa shape index (κ2) is 7.68. The van der Waals surface area contributed by atoms with E-state index in [0.717, 1.165) is 5.56 Å². The SMILES string of the molecule is Cl.Cl.NNCc1c(Cl)cccc1Cl. The summed E-state index contributed by atoms with van der Waals surface area (Å²) >= 11 is 11.7. The number of hydrazine groups is 1. The van der Waals surface area contributed by atoms with Crippen molar-refractivity contribution in [1.29, 1.82) is 0 Å². The zero-order chi connectivity index (χ0) is 8.27. The molecule has 0 atom stereocenters. The number of nitrogens with two attached hydrogens (primary N) is 1. The van der Waals surface area contributed by atoms with Crippen molar-refractivity contribution in [2.75, 3.05) is 0 Å². The van der Waals surface area contributed by atoms with E-state index in [9.17, 15) is 0 Å². The van der Waals surface area contributed by atoms with Gasteiger partial charge in [-0.05, 0) is 12.1 Å². The highest BCUT2D eigenvalue weighted by Gasteiger charge is 2.02. The van der Waals surface area contributed by atoms with E-state index in [1.807, 2.05) is 0 Å². The van der Waals surface area contributed by atoms with Crippen LogP contribution in [-0.4, -0.2) is 0 Å². The number of rotatable bonds is 2. The van der Waals surface area contributed by atoms with Gasteiger partial charge in [-0.2, -0.15) is 0 Å². The third kappa shape index (κ3) is 4.36. The normalized spacial score (nSPS) is 8.54. The Balaban J connectivity index is 0. The van der Waals surface area contributed by atoms with E-state index in [1.54, 1.807) is 18.2 Å². The van der Waals surface area contributed by atoms with Crippen molar-refractivity contribution in [1.82, 2.24) is 5.43 Å². The molecular formula is C7H10Cl4N2. The van der Waals surface area contributed by atoms with E-state index in [1.165, 1.54) is 0 Å². The van der Waals surface area contributed by atoms with Gasteiger partial charge in [0.15, 0.2) is 0 Å². The number of hydrogen-bond donors (Lipinski definition) is 2. The first kappa shape index (κ1) is 15.8. The topological polar surface area (TPSA) is 38.0 Å². The number of halogens is 4. The zero-order valence-electron chi connectivity index (χ0n) is 6.59. The highest BCUT2D eigenvalue weighted by molar-refractivity contribution is 6.35. The van der Waals surface area contributed by atoms with Crippen molar-refractivity contribution in [2.24, 2.45) is 5.84 Å². The highest BCUT2D eigenvalue weighted by Crippen LogP contribution is 2.23. The Hall–Kier alpha value is 0.300. The quantitative estimate of drug-likeness (QED) is 0.636. The average Bonchev–Trinajstić information content (AvgIpc) is 1.97. The highest BCUT2D eigenvalue weighted by atomic mass is 35.5. The van der Waals surface area contributed by atoms with Crippen LogP contribution < -0.4 is 11.3 Å². The van der Waals surface area contributed by atoms with Crippen molar-refractivity contribution in [2.45, 2.75) is 6.54 Å². The molecule has 0 spiro atoms. The van der Waals surface area contributed by atoms with E-state index in [-0.39, 0.29) is 24.8 Å². The second-order valence-corrected chi connectivity index (χ2v) is 2.90. The van der Waals surface area contributed by atoms with Crippen LogP contribution in [0.15, 0.2) is 18.2 Å². The number of nitrogens with one attached hydrogen (secondary N) is 1. The molecule has 0 bridgehead atoms. The molecule has 1 aromatic carbocycles. The fourth-order valence-corrected chi connectivity index (χ4v) is 1.33. The minimum absolute atomic E-state index is 0. The molecule has 1 aromatic rings. The number of hydrogen-bond acceptors (Lipinski definition) is 2. The summed E-state index contributed by atoms with van der Waals surface area (Å²) in [5.41, 5.74) is 3.33. The van der Waals surface area contributed by atoms with Gasteiger partial charge in [-0.15, -0.1) is 24.8 Å². The summed E-state index contributed by atoms with van der Waals surface area (Å²) in [7, 11) is 0. The standard InChI is InChI=1S/C7H8Cl2N2.2ClH/c8-6-2-1-3-7(9)5(6)4-11-10;;/h1-3,11H,4,10H2;2*1H. The molecule has 0 radical (unpaired) electrons. The summed E-state index contributed by atoms with van der Waals surface area (Å²) in [5, 5.41) is 1.27.